The molecule has 0 bridgehead atoms. The topological polar surface area (TPSA) is 209 Å². The van der Waals surface area contributed by atoms with E-state index in [-0.39, 0.29) is 17.1 Å². The minimum absolute atomic E-state index is 0.0791. The summed E-state index contributed by atoms with van der Waals surface area (Å²) in [6, 6.07) is 5.65. The van der Waals surface area contributed by atoms with Crippen LogP contribution in [0, 0.1) is 20.2 Å². The summed E-state index contributed by atoms with van der Waals surface area (Å²) in [4.78, 5) is 33.2. The van der Waals surface area contributed by atoms with Gasteiger partial charge < -0.3 is 30.2 Å². The summed E-state index contributed by atoms with van der Waals surface area (Å²) in [5.74, 6) is 1.47. The molecule has 0 amide bonds. The number of amidine groups is 2. The number of aromatic nitrogens is 2. The van der Waals surface area contributed by atoms with E-state index in [9.17, 15) is 20.2 Å². The number of nitrogens with zero attached hydrogens (tertiary/aromatic N) is 6. The zero-order chi connectivity index (χ0) is 26.9. The van der Waals surface area contributed by atoms with Crippen LogP contribution in [0.1, 0.15) is 13.8 Å². The van der Waals surface area contributed by atoms with Crippen molar-refractivity contribution in [3.8, 4) is 22.9 Å². The smallest absolute Gasteiger partial charge is 0.314 e. The number of nitrogens with two attached hydrogens (primary N) is 2. The van der Waals surface area contributed by atoms with Crippen LogP contribution in [0.25, 0.3) is 5.69 Å². The summed E-state index contributed by atoms with van der Waals surface area (Å²) in [6.07, 6.45) is 3.85. The highest BCUT2D eigenvalue weighted by molar-refractivity contribution is 5.91. The molecule has 2 atom stereocenters. The molecule has 37 heavy (non-hydrogen) atoms. The second kappa shape index (κ2) is 9.80. The van der Waals surface area contributed by atoms with E-state index in [4.69, 9.17) is 25.7 Å². The number of nitro groups is 2. The molecule has 3 heterocycles. The maximum Gasteiger partial charge on any atom is 0.314 e. The summed E-state index contributed by atoms with van der Waals surface area (Å²) in [7, 11) is 1.36. The SMILES string of the molecule is CC1Oc2cc([N+](=O)[O-])c(-n3ccnc3)cc2N=C1N.COc1cc2c(cc1[N+](=O)[O-])OC(C)C(N)=N2. The Hall–Kier alpha value is -5.21. The second-order valence-electron chi connectivity index (χ2n) is 7.88. The number of methoxy groups -OCH3 is 1. The van der Waals surface area contributed by atoms with E-state index < -0.39 is 22.1 Å². The van der Waals surface area contributed by atoms with Crippen LogP contribution in [0.15, 0.2) is 53.0 Å². The minimum atomic E-state index is -0.533. The summed E-state index contributed by atoms with van der Waals surface area (Å²) in [5.41, 5.74) is 12.4. The Morgan fingerprint density at radius 3 is 1.95 bits per heavy atom. The molecule has 2 aliphatic rings. The van der Waals surface area contributed by atoms with Gasteiger partial charge in [0.2, 0.25) is 0 Å². The van der Waals surface area contributed by atoms with E-state index in [1.165, 1.54) is 31.6 Å². The standard InChI is InChI=1S/C12H11N5O3.C10H11N3O4/c1-7-12(13)15-8-4-9(16-3-2-14-6-16)10(17(18)19)5-11(8)20-7;1-5-10(11)12-6-3-9(16-2)7(13(14)15)4-8(6)17-5/h2-7H,1H3,(H2,13,15);3-5H,1-2H3,(H2,11,12). The van der Waals surface area contributed by atoms with Crippen LogP contribution in [0.3, 0.4) is 0 Å². The first kappa shape index (κ1) is 24.9. The van der Waals surface area contributed by atoms with Crippen LogP contribution in [-0.4, -0.2) is 50.4 Å². The average molecular weight is 510 g/mol. The molecule has 192 valence electrons. The molecule has 0 aliphatic carbocycles. The Morgan fingerprint density at radius 1 is 0.919 bits per heavy atom. The summed E-state index contributed by atoms with van der Waals surface area (Å²) >= 11 is 0. The van der Waals surface area contributed by atoms with Crippen LogP contribution in [0.5, 0.6) is 17.2 Å². The third kappa shape index (κ3) is 4.95. The normalized spacial score (nSPS) is 17.4. The molecule has 3 aromatic rings. The lowest BCUT2D eigenvalue weighted by Gasteiger charge is -2.21. The van der Waals surface area contributed by atoms with Crippen molar-refractivity contribution in [2.75, 3.05) is 7.11 Å². The average Bonchev–Trinajstić information content (AvgIpc) is 3.39. The van der Waals surface area contributed by atoms with Crippen molar-refractivity contribution in [1.29, 1.82) is 0 Å². The molecule has 15 heteroatoms. The fourth-order valence-corrected chi connectivity index (χ4v) is 3.47. The molecular formula is C22H22N8O7. The molecular weight excluding hydrogens is 488 g/mol. The Morgan fingerprint density at radius 2 is 1.46 bits per heavy atom. The van der Waals surface area contributed by atoms with Gasteiger partial charge in [0.15, 0.2) is 29.5 Å². The van der Waals surface area contributed by atoms with Gasteiger partial charge in [0.25, 0.3) is 5.69 Å². The van der Waals surface area contributed by atoms with Crippen molar-refractivity contribution in [3.05, 3.63) is 63.2 Å². The van der Waals surface area contributed by atoms with Gasteiger partial charge in [-0.05, 0) is 19.9 Å². The van der Waals surface area contributed by atoms with E-state index in [0.717, 1.165) is 0 Å². The molecule has 5 rings (SSSR count). The molecule has 0 radical (unpaired) electrons. The quantitative estimate of drug-likeness (QED) is 0.387. The fraction of sp³-hybridized carbons (Fsp3) is 0.227. The number of hydrogen-bond donors (Lipinski definition) is 2. The zero-order valence-corrected chi connectivity index (χ0v) is 19.9. The molecule has 2 aromatic carbocycles. The van der Waals surface area contributed by atoms with Crippen LogP contribution in [0.4, 0.5) is 22.7 Å². The number of ether oxygens (including phenoxy) is 3. The lowest BCUT2D eigenvalue weighted by atomic mass is 10.2. The Balaban J connectivity index is 0.000000176. The molecule has 0 saturated carbocycles. The summed E-state index contributed by atoms with van der Waals surface area (Å²) in [6.45, 7) is 3.45. The lowest BCUT2D eigenvalue weighted by Crippen LogP contribution is -2.33. The van der Waals surface area contributed by atoms with Gasteiger partial charge >= 0.3 is 5.69 Å². The number of hydrogen-bond acceptors (Lipinski definition) is 12. The van der Waals surface area contributed by atoms with Gasteiger partial charge in [-0.2, -0.15) is 0 Å². The van der Waals surface area contributed by atoms with Crippen LogP contribution in [0.2, 0.25) is 0 Å². The van der Waals surface area contributed by atoms with Gasteiger partial charge in [0.05, 0.1) is 35.4 Å². The highest BCUT2D eigenvalue weighted by Gasteiger charge is 2.26. The number of fused-ring (bicyclic) bond motifs is 2. The summed E-state index contributed by atoms with van der Waals surface area (Å²) in [5, 5.41) is 22.0. The van der Waals surface area contributed by atoms with E-state index in [1.807, 2.05) is 0 Å². The van der Waals surface area contributed by atoms with Crippen LogP contribution >= 0.6 is 0 Å². The van der Waals surface area contributed by atoms with Gasteiger partial charge in [-0.1, -0.05) is 0 Å². The molecule has 0 spiro atoms. The van der Waals surface area contributed by atoms with Crippen molar-refractivity contribution >= 4 is 34.4 Å². The maximum absolute atomic E-state index is 11.2. The number of imidazole rings is 1. The maximum atomic E-state index is 11.2. The van der Waals surface area contributed by atoms with E-state index in [1.54, 1.807) is 36.9 Å². The van der Waals surface area contributed by atoms with Crippen molar-refractivity contribution in [3.63, 3.8) is 0 Å². The van der Waals surface area contributed by atoms with Gasteiger partial charge in [0, 0.05) is 18.5 Å². The monoisotopic (exact) mass is 510 g/mol. The van der Waals surface area contributed by atoms with Crippen LogP contribution < -0.4 is 25.7 Å². The van der Waals surface area contributed by atoms with Crippen molar-refractivity contribution in [2.45, 2.75) is 26.1 Å². The van der Waals surface area contributed by atoms with E-state index in [0.29, 0.717) is 40.2 Å². The molecule has 0 saturated heterocycles. The predicted molar refractivity (Wildman–Crippen MR) is 133 cm³/mol. The van der Waals surface area contributed by atoms with E-state index in [2.05, 4.69) is 15.0 Å². The number of nitro benzene ring substituents is 2. The lowest BCUT2D eigenvalue weighted by molar-refractivity contribution is -0.385. The van der Waals surface area contributed by atoms with Gasteiger partial charge in [-0.3, -0.25) is 20.2 Å². The Labute approximate surface area is 209 Å². The van der Waals surface area contributed by atoms with Crippen LogP contribution in [-0.2, 0) is 0 Å². The van der Waals surface area contributed by atoms with Gasteiger partial charge in [-0.25, -0.2) is 15.0 Å². The van der Waals surface area contributed by atoms with Crippen molar-refractivity contribution < 1.29 is 24.1 Å². The van der Waals surface area contributed by atoms with Crippen molar-refractivity contribution in [2.24, 2.45) is 21.5 Å². The first-order valence-corrected chi connectivity index (χ1v) is 10.8. The Kier molecular flexibility index (Phi) is 6.60. The first-order chi connectivity index (χ1) is 17.6. The third-order valence-corrected chi connectivity index (χ3v) is 5.43. The fourth-order valence-electron chi connectivity index (χ4n) is 3.47. The molecule has 2 unspecified atom stereocenters. The Bertz CT molecular complexity index is 1440. The number of rotatable bonds is 4. The summed E-state index contributed by atoms with van der Waals surface area (Å²) < 4.78 is 17.4. The zero-order valence-electron chi connectivity index (χ0n) is 19.9. The van der Waals surface area contributed by atoms with Gasteiger partial charge in [0.1, 0.15) is 28.7 Å². The third-order valence-electron chi connectivity index (χ3n) is 5.43. The van der Waals surface area contributed by atoms with Crippen molar-refractivity contribution in [1.82, 2.24) is 9.55 Å². The minimum Gasteiger partial charge on any atom is -0.490 e. The highest BCUT2D eigenvalue weighted by atomic mass is 16.6. The molecule has 4 N–H and O–H groups in total. The molecule has 0 fully saturated rings. The molecule has 2 aliphatic heterocycles. The highest BCUT2D eigenvalue weighted by Crippen LogP contribution is 2.41. The number of aliphatic imine (C=N–C) groups is 2. The second-order valence-corrected chi connectivity index (χ2v) is 7.88. The number of benzene rings is 2. The molecule has 15 nitrogen and oxygen atoms in total. The first-order valence-electron chi connectivity index (χ1n) is 10.8. The van der Waals surface area contributed by atoms with Gasteiger partial charge in [-0.15, -0.1) is 0 Å². The largest absolute Gasteiger partial charge is 0.490 e. The predicted octanol–water partition coefficient (Wildman–Crippen LogP) is 2.92. The molecule has 1 aromatic heterocycles. The van der Waals surface area contributed by atoms with E-state index >= 15 is 0 Å².